The highest BCUT2D eigenvalue weighted by Crippen LogP contribution is 2.26. The first-order chi connectivity index (χ1) is 5.31. The van der Waals surface area contributed by atoms with Crippen LogP contribution in [0.25, 0.3) is 0 Å². The van der Waals surface area contributed by atoms with Crippen LogP contribution in [-0.4, -0.2) is 36.7 Å². The third-order valence-corrected chi connectivity index (χ3v) is 2.80. The lowest BCUT2D eigenvalue weighted by atomic mass is 9.95. The lowest BCUT2D eigenvalue weighted by Crippen LogP contribution is -2.61. The molecule has 0 bridgehead atoms. The van der Waals surface area contributed by atoms with E-state index in [1.807, 2.05) is 0 Å². The minimum atomic E-state index is 0.383. The molecule has 0 aromatic rings. The van der Waals surface area contributed by atoms with Crippen LogP contribution in [0.4, 0.5) is 0 Å². The third kappa shape index (κ3) is 1.30. The molecule has 0 saturated carbocycles. The van der Waals surface area contributed by atoms with Gasteiger partial charge in [0.2, 0.25) is 0 Å². The maximum absolute atomic E-state index is 5.24. The molecule has 11 heavy (non-hydrogen) atoms. The van der Waals surface area contributed by atoms with Gasteiger partial charge in [-0.2, -0.15) is 0 Å². The SMILES string of the molecule is CC1(N2CC[CH]CC2)COC1. The van der Waals surface area contributed by atoms with Gasteiger partial charge in [-0.15, -0.1) is 0 Å². The Balaban J connectivity index is 1.91. The number of hydrogen-bond donors (Lipinski definition) is 0. The zero-order valence-corrected chi connectivity index (χ0v) is 7.18. The van der Waals surface area contributed by atoms with E-state index in [0.29, 0.717) is 5.54 Å². The molecule has 0 atom stereocenters. The van der Waals surface area contributed by atoms with Gasteiger partial charge in [-0.1, -0.05) is 0 Å². The topological polar surface area (TPSA) is 12.5 Å². The highest BCUT2D eigenvalue weighted by atomic mass is 16.5. The minimum absolute atomic E-state index is 0.383. The Kier molecular flexibility index (Phi) is 1.90. The maximum Gasteiger partial charge on any atom is 0.0671 e. The summed E-state index contributed by atoms with van der Waals surface area (Å²) >= 11 is 0. The van der Waals surface area contributed by atoms with E-state index in [2.05, 4.69) is 18.2 Å². The van der Waals surface area contributed by atoms with Crippen molar-refractivity contribution in [2.45, 2.75) is 25.3 Å². The summed E-state index contributed by atoms with van der Waals surface area (Å²) in [6.45, 7) is 6.65. The highest BCUT2D eigenvalue weighted by Gasteiger charge is 2.39. The number of hydrogen-bond acceptors (Lipinski definition) is 2. The van der Waals surface area contributed by atoms with E-state index in [4.69, 9.17) is 4.74 Å². The van der Waals surface area contributed by atoms with Crippen LogP contribution in [0.3, 0.4) is 0 Å². The number of rotatable bonds is 1. The van der Waals surface area contributed by atoms with Gasteiger partial charge in [0.1, 0.15) is 0 Å². The second kappa shape index (κ2) is 2.76. The van der Waals surface area contributed by atoms with Crippen molar-refractivity contribution in [3.8, 4) is 0 Å². The molecule has 2 rings (SSSR count). The maximum atomic E-state index is 5.24. The summed E-state index contributed by atoms with van der Waals surface area (Å²) in [7, 11) is 0. The highest BCUT2D eigenvalue weighted by molar-refractivity contribution is 4.95. The van der Waals surface area contributed by atoms with Crippen molar-refractivity contribution in [1.29, 1.82) is 0 Å². The monoisotopic (exact) mass is 154 g/mol. The lowest BCUT2D eigenvalue weighted by Gasteiger charge is -2.48. The van der Waals surface area contributed by atoms with Crippen LogP contribution in [0, 0.1) is 6.42 Å². The third-order valence-electron chi connectivity index (χ3n) is 2.80. The average molecular weight is 154 g/mol. The summed E-state index contributed by atoms with van der Waals surface area (Å²) in [6, 6.07) is 0. The van der Waals surface area contributed by atoms with Gasteiger partial charge in [-0.25, -0.2) is 0 Å². The molecule has 1 radical (unpaired) electrons. The summed E-state index contributed by atoms with van der Waals surface area (Å²) in [6.07, 6.45) is 4.91. The zero-order valence-electron chi connectivity index (χ0n) is 7.18. The number of likely N-dealkylation sites (tertiary alicyclic amines) is 1. The molecule has 63 valence electrons. The predicted octanol–water partition coefficient (Wildman–Crippen LogP) is 1.08. The van der Waals surface area contributed by atoms with E-state index in [0.717, 1.165) is 13.2 Å². The van der Waals surface area contributed by atoms with E-state index in [1.54, 1.807) is 0 Å². The Morgan fingerprint density at radius 1 is 1.27 bits per heavy atom. The van der Waals surface area contributed by atoms with Crippen molar-refractivity contribution in [3.63, 3.8) is 0 Å². The Labute approximate surface area is 68.5 Å². The fourth-order valence-corrected chi connectivity index (χ4v) is 1.87. The van der Waals surface area contributed by atoms with Gasteiger partial charge < -0.3 is 4.74 Å². The van der Waals surface area contributed by atoms with E-state index in [-0.39, 0.29) is 0 Å². The summed E-state index contributed by atoms with van der Waals surface area (Å²) < 4.78 is 5.24. The minimum Gasteiger partial charge on any atom is -0.377 e. The van der Waals surface area contributed by atoms with Gasteiger partial charge in [0.25, 0.3) is 0 Å². The molecule has 0 spiro atoms. The molecule has 0 aliphatic carbocycles. The van der Waals surface area contributed by atoms with Crippen LogP contribution >= 0.6 is 0 Å². The quantitative estimate of drug-likeness (QED) is 0.560. The molecule has 0 aromatic carbocycles. The van der Waals surface area contributed by atoms with Crippen molar-refractivity contribution in [3.05, 3.63) is 6.42 Å². The van der Waals surface area contributed by atoms with Gasteiger partial charge in [-0.3, -0.25) is 4.90 Å². The second-order valence-corrected chi connectivity index (χ2v) is 3.84. The molecular formula is C9H16NO. The zero-order chi connectivity index (χ0) is 7.73. The fraction of sp³-hybridized carbons (Fsp3) is 0.889. The molecule has 2 fully saturated rings. The van der Waals surface area contributed by atoms with Gasteiger partial charge in [-0.05, 0) is 39.3 Å². The summed E-state index contributed by atoms with van der Waals surface area (Å²) in [5.74, 6) is 0. The predicted molar refractivity (Wildman–Crippen MR) is 44.3 cm³/mol. The normalized spacial score (nSPS) is 31.4. The molecule has 2 aliphatic heterocycles. The van der Waals surface area contributed by atoms with Crippen LogP contribution in [-0.2, 0) is 4.74 Å². The molecule has 0 aromatic heterocycles. The molecule has 2 aliphatic rings. The first-order valence-corrected chi connectivity index (χ1v) is 4.46. The Bertz CT molecular complexity index is 136. The average Bonchev–Trinajstić information content (AvgIpc) is 2.02. The first-order valence-electron chi connectivity index (χ1n) is 4.46. The Morgan fingerprint density at radius 2 is 1.91 bits per heavy atom. The van der Waals surface area contributed by atoms with Crippen LogP contribution in [0.5, 0.6) is 0 Å². The number of ether oxygens (including phenoxy) is 1. The summed E-state index contributed by atoms with van der Waals surface area (Å²) in [5, 5.41) is 0. The number of nitrogens with zero attached hydrogens (tertiary/aromatic N) is 1. The van der Waals surface area contributed by atoms with Gasteiger partial charge in [0, 0.05) is 0 Å². The van der Waals surface area contributed by atoms with Crippen molar-refractivity contribution in [2.24, 2.45) is 0 Å². The molecule has 0 unspecified atom stereocenters. The molecule has 2 heteroatoms. The van der Waals surface area contributed by atoms with Crippen molar-refractivity contribution in [1.82, 2.24) is 4.90 Å². The smallest absolute Gasteiger partial charge is 0.0671 e. The molecule has 0 amide bonds. The van der Waals surface area contributed by atoms with Crippen LogP contribution in [0.2, 0.25) is 0 Å². The molecule has 2 heterocycles. The lowest BCUT2D eigenvalue weighted by molar-refractivity contribution is -0.132. The second-order valence-electron chi connectivity index (χ2n) is 3.84. The van der Waals surface area contributed by atoms with E-state index in [1.165, 1.54) is 25.9 Å². The number of piperidine rings is 1. The van der Waals surface area contributed by atoms with Crippen LogP contribution in [0.1, 0.15) is 19.8 Å². The molecular weight excluding hydrogens is 138 g/mol. The molecule has 2 nitrogen and oxygen atoms in total. The summed E-state index contributed by atoms with van der Waals surface area (Å²) in [4.78, 5) is 2.57. The van der Waals surface area contributed by atoms with Crippen molar-refractivity contribution >= 4 is 0 Å². The summed E-state index contributed by atoms with van der Waals surface area (Å²) in [5.41, 5.74) is 0.383. The van der Waals surface area contributed by atoms with Crippen LogP contribution in [0.15, 0.2) is 0 Å². The largest absolute Gasteiger partial charge is 0.377 e. The van der Waals surface area contributed by atoms with Crippen molar-refractivity contribution < 1.29 is 4.74 Å². The Morgan fingerprint density at radius 3 is 2.36 bits per heavy atom. The van der Waals surface area contributed by atoms with Gasteiger partial charge >= 0.3 is 0 Å². The fourth-order valence-electron chi connectivity index (χ4n) is 1.87. The molecule has 2 saturated heterocycles. The van der Waals surface area contributed by atoms with E-state index < -0.39 is 0 Å². The van der Waals surface area contributed by atoms with Crippen LogP contribution < -0.4 is 0 Å². The molecule has 0 N–H and O–H groups in total. The van der Waals surface area contributed by atoms with E-state index >= 15 is 0 Å². The first kappa shape index (κ1) is 7.56. The Hall–Kier alpha value is -0.0800. The van der Waals surface area contributed by atoms with Gasteiger partial charge in [0.05, 0.1) is 18.8 Å². The van der Waals surface area contributed by atoms with E-state index in [9.17, 15) is 0 Å². The van der Waals surface area contributed by atoms with Gasteiger partial charge in [0.15, 0.2) is 0 Å². The van der Waals surface area contributed by atoms with Crippen molar-refractivity contribution in [2.75, 3.05) is 26.3 Å². The standard InChI is InChI=1S/C9H16NO/c1-9(7-11-8-9)10-5-3-2-4-6-10/h2H,3-8H2,1H3.